The molecule has 0 atom stereocenters. The Labute approximate surface area is 122 Å². The SMILES string of the molecule is O=[N+]([O-])c1ccc2c(no[n+]2[O-])c1[N+](=O)[O-].[Ca+2]. The van der Waals surface area contributed by atoms with E-state index in [1.807, 2.05) is 0 Å². The number of nitro groups is 2. The second-order valence-corrected chi connectivity index (χ2v) is 2.75. The van der Waals surface area contributed by atoms with Gasteiger partial charge in [-0.3, -0.25) is 24.9 Å². The molecule has 0 aliphatic rings. The van der Waals surface area contributed by atoms with Gasteiger partial charge in [0.25, 0.3) is 0 Å². The van der Waals surface area contributed by atoms with E-state index in [-0.39, 0.29) is 48.2 Å². The van der Waals surface area contributed by atoms with Crippen LogP contribution in [0.1, 0.15) is 0 Å². The van der Waals surface area contributed by atoms with Crippen molar-refractivity contribution in [1.82, 2.24) is 5.16 Å². The second kappa shape index (κ2) is 4.77. The molecule has 0 fully saturated rings. The normalized spacial score (nSPS) is 9.88. The molecule has 2 rings (SSSR count). The molecule has 0 radical (unpaired) electrons. The van der Waals surface area contributed by atoms with E-state index in [0.29, 0.717) is 0 Å². The minimum absolute atomic E-state index is 0. The maximum atomic E-state index is 10.9. The van der Waals surface area contributed by atoms with Crippen LogP contribution in [0.3, 0.4) is 0 Å². The van der Waals surface area contributed by atoms with Gasteiger partial charge in [-0.1, -0.05) is 0 Å². The van der Waals surface area contributed by atoms with Gasteiger partial charge >= 0.3 is 54.6 Å². The predicted octanol–water partition coefficient (Wildman–Crippen LogP) is -0.103. The monoisotopic (exact) mass is 266 g/mol. The van der Waals surface area contributed by atoms with Crippen LogP contribution in [0, 0.1) is 25.4 Å². The Balaban J connectivity index is 0.00000144. The summed E-state index contributed by atoms with van der Waals surface area (Å²) < 4.78 is 4.12. The van der Waals surface area contributed by atoms with E-state index in [9.17, 15) is 25.4 Å². The van der Waals surface area contributed by atoms with E-state index < -0.39 is 26.7 Å². The van der Waals surface area contributed by atoms with Crippen molar-refractivity contribution in [2.24, 2.45) is 0 Å². The van der Waals surface area contributed by atoms with Crippen LogP contribution in [0.4, 0.5) is 11.4 Å². The minimum Gasteiger partial charge on any atom is -0.359 e. The molecule has 0 amide bonds. The van der Waals surface area contributed by atoms with E-state index in [0.717, 1.165) is 12.1 Å². The van der Waals surface area contributed by atoms with E-state index >= 15 is 0 Å². The standard InChI is InChI=1S/C6H2N4O6.Ca/c11-8(12)4-2-1-3-5(6(4)9(13)14)7-16-10(3)15;/h1-2H;/q;+2. The van der Waals surface area contributed by atoms with Gasteiger partial charge < -0.3 is 5.21 Å². The first-order chi connectivity index (χ1) is 7.52. The fourth-order valence-electron chi connectivity index (χ4n) is 1.24. The van der Waals surface area contributed by atoms with Gasteiger partial charge in [-0.25, -0.2) is 0 Å². The molecular formula is C6H2CaN4O6+2. The second-order valence-electron chi connectivity index (χ2n) is 2.75. The molecule has 1 aromatic carbocycles. The zero-order valence-corrected chi connectivity index (χ0v) is 10.3. The number of hydrogen-bond acceptors (Lipinski definition) is 7. The first-order valence-corrected chi connectivity index (χ1v) is 3.83. The number of rotatable bonds is 2. The quantitative estimate of drug-likeness (QED) is 0.320. The van der Waals surface area contributed by atoms with Crippen molar-refractivity contribution in [3.63, 3.8) is 0 Å². The number of benzene rings is 1. The Hall–Kier alpha value is -1.52. The average Bonchev–Trinajstić information content (AvgIpc) is 2.58. The number of aromatic nitrogens is 2. The molecule has 0 bridgehead atoms. The summed E-state index contributed by atoms with van der Waals surface area (Å²) in [5, 5.41) is 35.2. The van der Waals surface area contributed by atoms with Crippen LogP contribution >= 0.6 is 0 Å². The van der Waals surface area contributed by atoms with Gasteiger partial charge in [-0.15, -0.1) is 0 Å². The Morgan fingerprint density at radius 2 is 1.88 bits per heavy atom. The van der Waals surface area contributed by atoms with E-state index in [1.165, 1.54) is 0 Å². The van der Waals surface area contributed by atoms with Gasteiger partial charge in [0.05, 0.1) is 15.0 Å². The molecule has 0 saturated heterocycles. The molecular weight excluding hydrogens is 264 g/mol. The fourth-order valence-corrected chi connectivity index (χ4v) is 1.24. The van der Waals surface area contributed by atoms with Crippen LogP contribution in [0.2, 0.25) is 0 Å². The van der Waals surface area contributed by atoms with Crippen molar-refractivity contribution in [2.75, 3.05) is 0 Å². The van der Waals surface area contributed by atoms with Crippen molar-refractivity contribution < 1.29 is 19.4 Å². The zero-order chi connectivity index (χ0) is 11.9. The third-order valence-corrected chi connectivity index (χ3v) is 1.89. The molecule has 0 aliphatic heterocycles. The molecule has 1 aromatic heterocycles. The summed E-state index contributed by atoms with van der Waals surface area (Å²) >= 11 is 0. The topological polar surface area (TPSA) is 139 Å². The molecule has 0 aliphatic carbocycles. The molecule has 11 heteroatoms. The van der Waals surface area contributed by atoms with E-state index in [1.54, 1.807) is 0 Å². The first-order valence-electron chi connectivity index (χ1n) is 3.83. The number of hydrogen-bond donors (Lipinski definition) is 0. The molecule has 2 aromatic rings. The fraction of sp³-hybridized carbons (Fsp3) is 0. The van der Waals surface area contributed by atoms with E-state index in [2.05, 4.69) is 9.79 Å². The molecule has 82 valence electrons. The summed E-state index contributed by atoms with van der Waals surface area (Å²) in [5.41, 5.74) is -2.29. The number of nitro benzene ring substituents is 2. The maximum absolute atomic E-state index is 10.9. The Kier molecular flexibility index (Phi) is 3.80. The number of nitrogens with zero attached hydrogens (tertiary/aromatic N) is 4. The minimum atomic E-state index is -0.983. The molecule has 0 saturated carbocycles. The van der Waals surface area contributed by atoms with E-state index in [4.69, 9.17) is 0 Å². The van der Waals surface area contributed by atoms with Crippen LogP contribution in [0.5, 0.6) is 0 Å². The van der Waals surface area contributed by atoms with Gasteiger partial charge in [0.1, 0.15) is 0 Å². The molecule has 0 spiro atoms. The smallest absolute Gasteiger partial charge is 0.359 e. The van der Waals surface area contributed by atoms with Crippen LogP contribution in [-0.2, 0) is 0 Å². The zero-order valence-electron chi connectivity index (χ0n) is 8.10. The summed E-state index contributed by atoms with van der Waals surface area (Å²) in [5.74, 6) is 0. The van der Waals surface area contributed by atoms with Crippen molar-refractivity contribution in [3.05, 3.63) is 37.6 Å². The van der Waals surface area contributed by atoms with Crippen LogP contribution < -0.4 is 4.90 Å². The molecule has 10 nitrogen and oxygen atoms in total. The van der Waals surface area contributed by atoms with Gasteiger partial charge in [-0.05, 0) is 4.90 Å². The third-order valence-electron chi connectivity index (χ3n) is 1.89. The molecule has 0 N–H and O–H groups in total. The first kappa shape index (κ1) is 13.5. The summed E-state index contributed by atoms with van der Waals surface area (Å²) in [4.78, 5) is 19.2. The van der Waals surface area contributed by atoms with Crippen molar-refractivity contribution in [2.45, 2.75) is 0 Å². The summed E-state index contributed by atoms with van der Waals surface area (Å²) in [7, 11) is 0. The predicted molar refractivity (Wildman–Crippen MR) is 52.0 cm³/mol. The third kappa shape index (κ3) is 2.14. The van der Waals surface area contributed by atoms with Gasteiger partial charge in [0.2, 0.25) is 5.52 Å². The van der Waals surface area contributed by atoms with Gasteiger partial charge in [-0.2, -0.15) is 0 Å². The van der Waals surface area contributed by atoms with Crippen molar-refractivity contribution in [1.29, 1.82) is 0 Å². The summed E-state index contributed by atoms with van der Waals surface area (Å²) in [6.45, 7) is 0. The number of fused-ring (bicyclic) bond motifs is 1. The van der Waals surface area contributed by atoms with Crippen molar-refractivity contribution >= 4 is 60.1 Å². The van der Waals surface area contributed by atoms with Gasteiger partial charge in [0, 0.05) is 12.1 Å². The van der Waals surface area contributed by atoms with Crippen LogP contribution in [-0.4, -0.2) is 52.7 Å². The molecule has 17 heavy (non-hydrogen) atoms. The van der Waals surface area contributed by atoms with Crippen LogP contribution in [0.15, 0.2) is 16.8 Å². The Morgan fingerprint density at radius 3 is 2.41 bits per heavy atom. The van der Waals surface area contributed by atoms with Crippen molar-refractivity contribution in [3.8, 4) is 0 Å². The summed E-state index contributed by atoms with van der Waals surface area (Å²) in [6.07, 6.45) is 0. The van der Waals surface area contributed by atoms with Crippen LogP contribution in [0.25, 0.3) is 11.0 Å². The average molecular weight is 266 g/mol. The molecule has 0 unspecified atom stereocenters. The molecule has 1 heterocycles. The Morgan fingerprint density at radius 1 is 1.24 bits per heavy atom. The Bertz CT molecular complexity index is 610. The summed E-state index contributed by atoms with van der Waals surface area (Å²) in [6, 6.07) is 1.88. The largest absolute Gasteiger partial charge is 2.00 e. The van der Waals surface area contributed by atoms with Gasteiger partial charge in [0.15, 0.2) is 0 Å². The maximum Gasteiger partial charge on any atom is 2.00 e.